The number of ether oxygens (including phenoxy) is 2. The molecule has 0 aromatic rings. The maximum absolute atomic E-state index is 10.6. The van der Waals surface area contributed by atoms with E-state index >= 15 is 0 Å². The molecule has 0 saturated carbocycles. The van der Waals surface area contributed by atoms with Crippen molar-refractivity contribution in [2.75, 3.05) is 14.2 Å². The van der Waals surface area contributed by atoms with Crippen molar-refractivity contribution in [1.82, 2.24) is 0 Å². The molecule has 0 aliphatic rings. The van der Waals surface area contributed by atoms with Crippen LogP contribution in [0.2, 0.25) is 0 Å². The number of carbonyl (C=O) groups excluding carboxylic acids is 2. The Hall–Kier alpha value is -1.58. The van der Waals surface area contributed by atoms with Crippen LogP contribution >= 0.6 is 0 Å². The van der Waals surface area contributed by atoms with Crippen molar-refractivity contribution < 1.29 is 19.1 Å². The Labute approximate surface area is 83.2 Å². The molecule has 0 aromatic carbocycles. The fourth-order valence-corrected chi connectivity index (χ4v) is 0.670. The van der Waals surface area contributed by atoms with Gasteiger partial charge in [0.2, 0.25) is 0 Å². The summed E-state index contributed by atoms with van der Waals surface area (Å²) in [5.74, 6) is -0.662. The minimum absolute atomic E-state index is 0.253. The van der Waals surface area contributed by atoms with Crippen LogP contribution in [-0.4, -0.2) is 26.2 Å². The summed E-state index contributed by atoms with van der Waals surface area (Å²) in [5, 5.41) is 0. The van der Waals surface area contributed by atoms with E-state index in [9.17, 15) is 9.59 Å². The lowest BCUT2D eigenvalue weighted by molar-refractivity contribution is -0.139. The summed E-state index contributed by atoms with van der Waals surface area (Å²) in [7, 11) is 2.66. The first-order chi connectivity index (χ1) is 6.70. The minimum atomic E-state index is -0.383. The lowest BCUT2D eigenvalue weighted by Crippen LogP contribution is -1.96. The predicted molar refractivity (Wildman–Crippen MR) is 51.5 cm³/mol. The molecule has 0 bridgehead atoms. The van der Waals surface area contributed by atoms with Crippen molar-refractivity contribution >= 4 is 11.9 Å². The summed E-state index contributed by atoms with van der Waals surface area (Å²) < 4.78 is 8.82. The van der Waals surface area contributed by atoms with E-state index in [0.29, 0.717) is 6.42 Å². The van der Waals surface area contributed by atoms with Gasteiger partial charge in [-0.15, -0.1) is 0 Å². The van der Waals surface area contributed by atoms with E-state index in [4.69, 9.17) is 0 Å². The second-order valence-electron chi connectivity index (χ2n) is 2.41. The molecular formula is C10H14O4. The summed E-state index contributed by atoms with van der Waals surface area (Å²) >= 11 is 0. The van der Waals surface area contributed by atoms with Gasteiger partial charge in [-0.25, -0.2) is 4.79 Å². The number of methoxy groups -OCH3 is 2. The van der Waals surface area contributed by atoms with Gasteiger partial charge < -0.3 is 9.47 Å². The van der Waals surface area contributed by atoms with Crippen LogP contribution in [0.1, 0.15) is 12.8 Å². The van der Waals surface area contributed by atoms with Crippen LogP contribution in [0.5, 0.6) is 0 Å². The van der Waals surface area contributed by atoms with Crippen molar-refractivity contribution in [3.8, 4) is 0 Å². The zero-order valence-corrected chi connectivity index (χ0v) is 8.36. The number of esters is 2. The summed E-state index contributed by atoms with van der Waals surface area (Å²) in [6, 6.07) is 0. The zero-order valence-electron chi connectivity index (χ0n) is 8.36. The highest BCUT2D eigenvalue weighted by Gasteiger charge is 1.92. The number of hydrogen-bond donors (Lipinski definition) is 0. The van der Waals surface area contributed by atoms with E-state index in [-0.39, 0.29) is 18.4 Å². The van der Waals surface area contributed by atoms with E-state index in [1.165, 1.54) is 20.3 Å². The van der Waals surface area contributed by atoms with Gasteiger partial charge in [-0.1, -0.05) is 18.2 Å². The molecule has 0 aromatic heterocycles. The van der Waals surface area contributed by atoms with Crippen molar-refractivity contribution in [3.63, 3.8) is 0 Å². The average molecular weight is 198 g/mol. The molecule has 78 valence electrons. The molecule has 0 aliphatic carbocycles. The normalized spacial score (nSPS) is 10.7. The average Bonchev–Trinajstić information content (AvgIpc) is 2.22. The van der Waals surface area contributed by atoms with Crippen LogP contribution in [0.25, 0.3) is 0 Å². The maximum Gasteiger partial charge on any atom is 0.330 e. The van der Waals surface area contributed by atoms with Gasteiger partial charge in [0.25, 0.3) is 0 Å². The molecule has 0 fully saturated rings. The molecule has 0 saturated heterocycles. The van der Waals surface area contributed by atoms with Gasteiger partial charge in [-0.3, -0.25) is 4.79 Å². The van der Waals surface area contributed by atoms with Gasteiger partial charge in [0.05, 0.1) is 20.6 Å². The molecule has 4 heteroatoms. The Bertz CT molecular complexity index is 241. The van der Waals surface area contributed by atoms with E-state index < -0.39 is 0 Å². The Balaban J connectivity index is 3.58. The molecule has 4 nitrogen and oxygen atoms in total. The third-order valence-corrected chi connectivity index (χ3v) is 1.41. The van der Waals surface area contributed by atoms with Gasteiger partial charge in [-0.2, -0.15) is 0 Å². The standard InChI is InChI=1S/C10H14O4/c1-13-9(11)7-5-3-4-6-8-10(12)14-2/h3,5-6,8H,4,7H2,1-2H3/b5-3+,8-6+. The number of hydrogen-bond acceptors (Lipinski definition) is 4. The molecule has 0 amide bonds. The van der Waals surface area contributed by atoms with Crippen molar-refractivity contribution in [2.45, 2.75) is 12.8 Å². The lowest BCUT2D eigenvalue weighted by Gasteiger charge is -1.91. The highest BCUT2D eigenvalue weighted by atomic mass is 16.5. The molecule has 0 N–H and O–H groups in total. The summed E-state index contributed by atoms with van der Waals surface area (Å²) in [6.07, 6.45) is 7.29. The number of rotatable bonds is 5. The molecular weight excluding hydrogens is 184 g/mol. The quantitative estimate of drug-likeness (QED) is 0.378. The predicted octanol–water partition coefficient (Wildman–Crippen LogP) is 1.22. The molecule has 0 unspecified atom stereocenters. The van der Waals surface area contributed by atoms with Gasteiger partial charge in [0.15, 0.2) is 0 Å². The van der Waals surface area contributed by atoms with Crippen molar-refractivity contribution in [3.05, 3.63) is 24.3 Å². The van der Waals surface area contributed by atoms with Crippen LogP contribution in [0.3, 0.4) is 0 Å². The van der Waals surface area contributed by atoms with E-state index in [1.54, 1.807) is 18.2 Å². The summed E-state index contributed by atoms with van der Waals surface area (Å²) in [5.41, 5.74) is 0. The highest BCUT2D eigenvalue weighted by Crippen LogP contribution is 1.91. The first-order valence-corrected chi connectivity index (χ1v) is 4.17. The topological polar surface area (TPSA) is 52.6 Å². The largest absolute Gasteiger partial charge is 0.469 e. The minimum Gasteiger partial charge on any atom is -0.469 e. The first kappa shape index (κ1) is 12.4. The molecule has 14 heavy (non-hydrogen) atoms. The second kappa shape index (κ2) is 8.04. The van der Waals surface area contributed by atoms with Crippen LogP contribution in [0.15, 0.2) is 24.3 Å². The molecule has 0 heterocycles. The van der Waals surface area contributed by atoms with Crippen LogP contribution in [0.4, 0.5) is 0 Å². The van der Waals surface area contributed by atoms with E-state index in [1.807, 2.05) is 0 Å². The van der Waals surface area contributed by atoms with Crippen LogP contribution in [0, 0.1) is 0 Å². The lowest BCUT2D eigenvalue weighted by atomic mass is 10.3. The van der Waals surface area contributed by atoms with Gasteiger partial charge >= 0.3 is 11.9 Å². The Kier molecular flexibility index (Phi) is 7.13. The Morgan fingerprint density at radius 3 is 2.36 bits per heavy atom. The molecule has 0 aliphatic heterocycles. The van der Waals surface area contributed by atoms with Crippen molar-refractivity contribution in [2.24, 2.45) is 0 Å². The second-order valence-corrected chi connectivity index (χ2v) is 2.41. The molecule has 0 spiro atoms. The summed E-state index contributed by atoms with van der Waals surface area (Å²) in [6.45, 7) is 0. The number of allylic oxidation sites excluding steroid dienone is 2. The highest BCUT2D eigenvalue weighted by molar-refractivity contribution is 5.81. The van der Waals surface area contributed by atoms with Crippen LogP contribution in [-0.2, 0) is 19.1 Å². The van der Waals surface area contributed by atoms with E-state index in [0.717, 1.165) is 0 Å². The van der Waals surface area contributed by atoms with Crippen LogP contribution < -0.4 is 0 Å². The molecule has 0 radical (unpaired) electrons. The molecule has 0 rings (SSSR count). The monoisotopic (exact) mass is 198 g/mol. The van der Waals surface area contributed by atoms with Gasteiger partial charge in [-0.05, 0) is 6.42 Å². The Morgan fingerprint density at radius 2 is 1.79 bits per heavy atom. The number of carbonyl (C=O) groups is 2. The fourth-order valence-electron chi connectivity index (χ4n) is 0.670. The van der Waals surface area contributed by atoms with Crippen molar-refractivity contribution in [1.29, 1.82) is 0 Å². The molecule has 0 atom stereocenters. The third kappa shape index (κ3) is 7.09. The first-order valence-electron chi connectivity index (χ1n) is 4.17. The third-order valence-electron chi connectivity index (χ3n) is 1.41. The Morgan fingerprint density at radius 1 is 1.07 bits per heavy atom. The zero-order chi connectivity index (χ0) is 10.8. The van der Waals surface area contributed by atoms with E-state index in [2.05, 4.69) is 9.47 Å². The van der Waals surface area contributed by atoms with Gasteiger partial charge in [0, 0.05) is 6.08 Å². The SMILES string of the molecule is COC(=O)/C=C/C/C=C/CC(=O)OC. The fraction of sp³-hybridized carbons (Fsp3) is 0.400. The maximum atomic E-state index is 10.6. The smallest absolute Gasteiger partial charge is 0.330 e. The summed E-state index contributed by atoms with van der Waals surface area (Å²) in [4.78, 5) is 21.2. The van der Waals surface area contributed by atoms with Gasteiger partial charge in [0.1, 0.15) is 0 Å².